The summed E-state index contributed by atoms with van der Waals surface area (Å²) in [5, 5.41) is 0. The minimum Gasteiger partial charge on any atom is -0.436 e. The Balaban J connectivity index is 1.47. The van der Waals surface area contributed by atoms with Gasteiger partial charge in [-0.05, 0) is 113 Å². The number of nitrogens with zero attached hydrogens (tertiary/aromatic N) is 3. The van der Waals surface area contributed by atoms with Crippen molar-refractivity contribution in [2.24, 2.45) is 0 Å². The van der Waals surface area contributed by atoms with Crippen LogP contribution in [0.5, 0.6) is 0 Å². The molecular weight excluding hydrogens is 571 g/mol. The van der Waals surface area contributed by atoms with E-state index in [1.165, 1.54) is 24.3 Å². The van der Waals surface area contributed by atoms with Crippen LogP contribution >= 0.6 is 0 Å². The minimum atomic E-state index is -0.612. The zero-order valence-corrected chi connectivity index (χ0v) is 25.3. The van der Waals surface area contributed by atoms with Gasteiger partial charge in [-0.3, -0.25) is 4.57 Å². The van der Waals surface area contributed by atoms with E-state index in [0.29, 0.717) is 28.1 Å². The van der Waals surface area contributed by atoms with Crippen molar-refractivity contribution in [2.75, 3.05) is 0 Å². The summed E-state index contributed by atoms with van der Waals surface area (Å²) in [6, 6.07) is 27.6. The molecule has 7 aromatic rings. The lowest BCUT2D eigenvalue weighted by Crippen LogP contribution is -2.09. The van der Waals surface area contributed by atoms with Gasteiger partial charge in [0.05, 0.1) is 16.7 Å². The van der Waals surface area contributed by atoms with E-state index in [1.54, 1.807) is 12.1 Å². The molecule has 0 saturated heterocycles. The summed E-state index contributed by atoms with van der Waals surface area (Å²) in [4.78, 5) is 9.73. The standard InChI is InChI=1S/C38H30F3N3O/c1-21(2)30-17-26(25-15-28(40)20-29(41)16-25)18-31(22(3)4)36(30)44-34-8-6-5-7-32(34)42-37(44)24-11-14-33-35(19-24)45-38(43-33)23-9-12-27(39)13-10-23/h5-22H,1-4H3. The van der Waals surface area contributed by atoms with Crippen LogP contribution in [0.2, 0.25) is 0 Å². The third-order valence-electron chi connectivity index (χ3n) is 8.13. The Bertz CT molecular complexity index is 2160. The van der Waals surface area contributed by atoms with Gasteiger partial charge in [-0.15, -0.1) is 0 Å². The summed E-state index contributed by atoms with van der Waals surface area (Å²) in [7, 11) is 0. The average molecular weight is 602 g/mol. The highest BCUT2D eigenvalue weighted by Crippen LogP contribution is 2.41. The van der Waals surface area contributed by atoms with Gasteiger partial charge in [0.25, 0.3) is 0 Å². The van der Waals surface area contributed by atoms with Crippen LogP contribution in [-0.2, 0) is 0 Å². The van der Waals surface area contributed by atoms with E-state index in [2.05, 4.69) is 43.3 Å². The molecule has 2 heterocycles. The van der Waals surface area contributed by atoms with Crippen molar-refractivity contribution in [2.45, 2.75) is 39.5 Å². The van der Waals surface area contributed by atoms with E-state index in [1.807, 2.05) is 48.5 Å². The van der Waals surface area contributed by atoms with Gasteiger partial charge in [-0.2, -0.15) is 0 Å². The van der Waals surface area contributed by atoms with Crippen molar-refractivity contribution >= 4 is 22.1 Å². The second-order valence-corrected chi connectivity index (χ2v) is 11.9. The summed E-state index contributed by atoms with van der Waals surface area (Å²) in [6.45, 7) is 8.48. The molecule has 0 amide bonds. The van der Waals surface area contributed by atoms with Gasteiger partial charge in [0.15, 0.2) is 5.58 Å². The number of benzene rings is 5. The molecule has 0 atom stereocenters. The second-order valence-electron chi connectivity index (χ2n) is 11.9. The van der Waals surface area contributed by atoms with Crippen molar-refractivity contribution in [3.05, 3.63) is 126 Å². The third kappa shape index (κ3) is 5.18. The first kappa shape index (κ1) is 28.6. The molecule has 0 spiro atoms. The molecule has 45 heavy (non-hydrogen) atoms. The van der Waals surface area contributed by atoms with Crippen molar-refractivity contribution in [3.8, 4) is 39.7 Å². The fourth-order valence-corrected chi connectivity index (χ4v) is 5.93. The van der Waals surface area contributed by atoms with Gasteiger partial charge in [0.2, 0.25) is 5.89 Å². The lowest BCUT2D eigenvalue weighted by Gasteiger charge is -2.24. The topological polar surface area (TPSA) is 43.9 Å². The number of rotatable bonds is 6. The molecule has 0 unspecified atom stereocenters. The monoisotopic (exact) mass is 601 g/mol. The molecule has 5 aromatic carbocycles. The van der Waals surface area contributed by atoms with E-state index in [-0.39, 0.29) is 17.7 Å². The molecule has 0 aliphatic rings. The van der Waals surface area contributed by atoms with Crippen LogP contribution in [0.4, 0.5) is 13.2 Å². The van der Waals surface area contributed by atoms with E-state index >= 15 is 0 Å². The molecule has 0 saturated carbocycles. The number of imidazole rings is 1. The predicted octanol–water partition coefficient (Wildman–Crippen LogP) is 10.8. The zero-order chi connectivity index (χ0) is 31.4. The highest BCUT2D eigenvalue weighted by atomic mass is 19.1. The quantitative estimate of drug-likeness (QED) is 0.190. The van der Waals surface area contributed by atoms with Gasteiger partial charge in [0, 0.05) is 17.2 Å². The summed E-state index contributed by atoms with van der Waals surface area (Å²) in [6.07, 6.45) is 0. The first-order valence-corrected chi connectivity index (χ1v) is 15.0. The Morgan fingerprint density at radius 3 is 1.87 bits per heavy atom. The normalized spacial score (nSPS) is 11.8. The number of aromatic nitrogens is 3. The highest BCUT2D eigenvalue weighted by Gasteiger charge is 2.24. The Hall–Kier alpha value is -5.17. The van der Waals surface area contributed by atoms with Crippen molar-refractivity contribution in [1.29, 1.82) is 0 Å². The number of hydrogen-bond acceptors (Lipinski definition) is 3. The summed E-state index contributed by atoms with van der Waals surface area (Å²) in [5.41, 5.74) is 8.86. The molecule has 0 aliphatic heterocycles. The first-order chi connectivity index (χ1) is 21.7. The van der Waals surface area contributed by atoms with Gasteiger partial charge in [-0.1, -0.05) is 39.8 Å². The molecule has 0 N–H and O–H groups in total. The van der Waals surface area contributed by atoms with E-state index in [4.69, 9.17) is 9.40 Å². The van der Waals surface area contributed by atoms with E-state index in [9.17, 15) is 13.2 Å². The van der Waals surface area contributed by atoms with E-state index < -0.39 is 11.6 Å². The van der Waals surface area contributed by atoms with Crippen LogP contribution in [-0.4, -0.2) is 14.5 Å². The fourth-order valence-electron chi connectivity index (χ4n) is 5.93. The number of halogens is 3. The van der Waals surface area contributed by atoms with Crippen LogP contribution in [0.1, 0.15) is 50.7 Å². The maximum absolute atomic E-state index is 14.3. The molecule has 2 aromatic heterocycles. The smallest absolute Gasteiger partial charge is 0.227 e. The number of hydrogen-bond donors (Lipinski definition) is 0. The molecule has 7 rings (SSSR count). The first-order valence-electron chi connectivity index (χ1n) is 15.0. The lowest BCUT2D eigenvalue weighted by molar-refractivity contribution is 0.584. The van der Waals surface area contributed by atoms with Crippen molar-refractivity contribution < 1.29 is 17.6 Å². The second kappa shape index (κ2) is 11.1. The Kier molecular flexibility index (Phi) is 7.04. The molecule has 0 aliphatic carbocycles. The third-order valence-corrected chi connectivity index (χ3v) is 8.13. The lowest BCUT2D eigenvalue weighted by atomic mass is 9.88. The minimum absolute atomic E-state index is 0.0832. The van der Waals surface area contributed by atoms with Crippen LogP contribution in [0, 0.1) is 17.5 Å². The fraction of sp³-hybridized carbons (Fsp3) is 0.158. The maximum Gasteiger partial charge on any atom is 0.227 e. The van der Waals surface area contributed by atoms with Gasteiger partial charge < -0.3 is 4.42 Å². The predicted molar refractivity (Wildman–Crippen MR) is 173 cm³/mol. The Labute approximate surface area is 258 Å². The molecule has 224 valence electrons. The van der Waals surface area contributed by atoms with Gasteiger partial charge >= 0.3 is 0 Å². The molecule has 0 fully saturated rings. The van der Waals surface area contributed by atoms with Crippen LogP contribution in [0.15, 0.2) is 101 Å². The zero-order valence-electron chi connectivity index (χ0n) is 25.3. The number of oxazole rings is 1. The van der Waals surface area contributed by atoms with Gasteiger partial charge in [-0.25, -0.2) is 23.1 Å². The van der Waals surface area contributed by atoms with E-state index in [0.717, 1.165) is 50.9 Å². The molecule has 7 heteroatoms. The average Bonchev–Trinajstić information content (AvgIpc) is 3.61. The van der Waals surface area contributed by atoms with Crippen molar-refractivity contribution in [1.82, 2.24) is 14.5 Å². The Morgan fingerprint density at radius 2 is 1.20 bits per heavy atom. The largest absolute Gasteiger partial charge is 0.436 e. The van der Waals surface area contributed by atoms with Crippen LogP contribution < -0.4 is 0 Å². The van der Waals surface area contributed by atoms with Crippen LogP contribution in [0.25, 0.3) is 61.8 Å². The molecule has 0 radical (unpaired) electrons. The number of para-hydroxylation sites is 2. The SMILES string of the molecule is CC(C)c1cc(-c2cc(F)cc(F)c2)cc(C(C)C)c1-n1c(-c2ccc3nc(-c4ccc(F)cc4)oc3c2)nc2ccccc21. The maximum atomic E-state index is 14.3. The van der Waals surface area contributed by atoms with Gasteiger partial charge in [0.1, 0.15) is 28.8 Å². The highest BCUT2D eigenvalue weighted by molar-refractivity contribution is 5.88. The molecule has 0 bridgehead atoms. The molecular formula is C38H30F3N3O. The number of fused-ring (bicyclic) bond motifs is 2. The summed E-state index contributed by atoms with van der Waals surface area (Å²) in [5.74, 6) is -0.247. The van der Waals surface area contributed by atoms with Crippen LogP contribution in [0.3, 0.4) is 0 Å². The molecule has 4 nitrogen and oxygen atoms in total. The summed E-state index contributed by atoms with van der Waals surface area (Å²) >= 11 is 0. The Morgan fingerprint density at radius 1 is 0.578 bits per heavy atom. The summed E-state index contributed by atoms with van der Waals surface area (Å²) < 4.78 is 50.5. The van der Waals surface area contributed by atoms with Crippen molar-refractivity contribution in [3.63, 3.8) is 0 Å².